The lowest BCUT2D eigenvalue weighted by atomic mass is 10.1. The van der Waals surface area contributed by atoms with Crippen LogP contribution in [0.2, 0.25) is 0 Å². The highest BCUT2D eigenvalue weighted by Gasteiger charge is 2.25. The van der Waals surface area contributed by atoms with Gasteiger partial charge in [-0.2, -0.15) is 0 Å². The normalized spacial score (nSPS) is 13.7. The average Bonchev–Trinajstić information content (AvgIpc) is 3.02. The third kappa shape index (κ3) is 5.11. The Labute approximate surface area is 155 Å². The fourth-order valence-electron chi connectivity index (χ4n) is 3.27. The fourth-order valence-corrected chi connectivity index (χ4v) is 3.27. The van der Waals surface area contributed by atoms with Gasteiger partial charge in [-0.1, -0.05) is 30.3 Å². The smallest absolute Gasteiger partial charge is 0.410 e. The molecule has 0 radical (unpaired) electrons. The van der Waals surface area contributed by atoms with Crippen molar-refractivity contribution in [2.75, 3.05) is 27.2 Å². The van der Waals surface area contributed by atoms with Gasteiger partial charge in [-0.15, -0.1) is 0 Å². The number of carbonyl (C=O) groups excluding carboxylic acids is 1. The minimum absolute atomic E-state index is 0.217. The van der Waals surface area contributed by atoms with Crippen molar-refractivity contribution < 1.29 is 13.9 Å². The van der Waals surface area contributed by atoms with Gasteiger partial charge in [-0.25, -0.2) is 4.79 Å². The van der Waals surface area contributed by atoms with Crippen molar-refractivity contribution in [1.29, 1.82) is 0 Å². The number of hydrogen-bond acceptors (Lipinski definition) is 4. The molecule has 0 bridgehead atoms. The van der Waals surface area contributed by atoms with Crippen LogP contribution >= 0.6 is 0 Å². The van der Waals surface area contributed by atoms with Gasteiger partial charge < -0.3 is 19.0 Å². The Hall–Kier alpha value is -2.27. The molecule has 0 aliphatic carbocycles. The van der Waals surface area contributed by atoms with E-state index in [0.717, 1.165) is 49.3 Å². The highest BCUT2D eigenvalue weighted by atomic mass is 16.6. The van der Waals surface area contributed by atoms with Crippen LogP contribution in [0.3, 0.4) is 0 Å². The first-order valence-corrected chi connectivity index (χ1v) is 9.32. The molecular formula is C21H28N2O3. The second kappa shape index (κ2) is 8.90. The summed E-state index contributed by atoms with van der Waals surface area (Å²) in [7, 11) is 4.03. The summed E-state index contributed by atoms with van der Waals surface area (Å²) in [6, 6.07) is 12.5. The number of aryl methyl sites for hydroxylation is 1. The van der Waals surface area contributed by atoms with Crippen LogP contribution in [0.25, 0.3) is 0 Å². The van der Waals surface area contributed by atoms with Crippen LogP contribution in [-0.4, -0.2) is 43.1 Å². The number of rotatable bonds is 7. The first-order chi connectivity index (χ1) is 12.6. The molecule has 2 heterocycles. The summed E-state index contributed by atoms with van der Waals surface area (Å²) in [5, 5.41) is 0. The monoisotopic (exact) mass is 356 g/mol. The van der Waals surface area contributed by atoms with Crippen LogP contribution in [-0.2, 0) is 30.7 Å². The molecule has 0 saturated carbocycles. The lowest BCUT2D eigenvalue weighted by molar-refractivity contribution is 0.0951. The topological polar surface area (TPSA) is 45.9 Å². The van der Waals surface area contributed by atoms with Crippen LogP contribution in [0.1, 0.15) is 35.5 Å². The van der Waals surface area contributed by atoms with E-state index < -0.39 is 0 Å². The van der Waals surface area contributed by atoms with E-state index in [9.17, 15) is 4.79 Å². The van der Waals surface area contributed by atoms with Crippen LogP contribution in [0, 0.1) is 0 Å². The van der Waals surface area contributed by atoms with Crippen LogP contribution in [0.4, 0.5) is 4.79 Å². The number of benzene rings is 1. The molecule has 1 aliphatic rings. The van der Waals surface area contributed by atoms with Crippen LogP contribution in [0.15, 0.2) is 40.8 Å². The lowest BCUT2D eigenvalue weighted by Gasteiger charge is -2.25. The van der Waals surface area contributed by atoms with Crippen LogP contribution in [0.5, 0.6) is 0 Å². The zero-order valence-corrected chi connectivity index (χ0v) is 15.7. The summed E-state index contributed by atoms with van der Waals surface area (Å²) in [4.78, 5) is 16.1. The Morgan fingerprint density at radius 3 is 2.81 bits per heavy atom. The van der Waals surface area contributed by atoms with Gasteiger partial charge in [0.05, 0.1) is 19.7 Å². The zero-order valence-electron chi connectivity index (χ0n) is 15.7. The lowest BCUT2D eigenvalue weighted by Crippen LogP contribution is -2.36. The number of fused-ring (bicyclic) bond motifs is 1. The molecule has 140 valence electrons. The van der Waals surface area contributed by atoms with Gasteiger partial charge in [-0.3, -0.25) is 0 Å². The van der Waals surface area contributed by atoms with Gasteiger partial charge in [0.2, 0.25) is 0 Å². The number of amides is 1. The molecule has 0 saturated heterocycles. The van der Waals surface area contributed by atoms with Gasteiger partial charge in [0.15, 0.2) is 0 Å². The van der Waals surface area contributed by atoms with Gasteiger partial charge in [0, 0.05) is 18.5 Å². The number of unbranched alkanes of at least 4 members (excludes halogenated alkanes) is 1. The minimum atomic E-state index is -0.217. The van der Waals surface area contributed by atoms with Crippen molar-refractivity contribution in [2.24, 2.45) is 0 Å². The van der Waals surface area contributed by atoms with E-state index >= 15 is 0 Å². The van der Waals surface area contributed by atoms with Gasteiger partial charge in [0.25, 0.3) is 0 Å². The molecule has 26 heavy (non-hydrogen) atoms. The Bertz CT molecular complexity index is 709. The molecule has 1 aromatic heterocycles. The number of furan rings is 1. The first-order valence-electron chi connectivity index (χ1n) is 9.32. The van der Waals surface area contributed by atoms with Crippen molar-refractivity contribution in [3.63, 3.8) is 0 Å². The molecule has 0 spiro atoms. The SMILES string of the molecule is CN(C)Cc1cc2c(o1)CCN(C(=O)OCCCCc1ccccc1)C2. The molecule has 0 fully saturated rings. The predicted molar refractivity (Wildman–Crippen MR) is 101 cm³/mol. The van der Waals surface area contributed by atoms with Gasteiger partial charge in [-0.05, 0) is 45.0 Å². The molecule has 5 nitrogen and oxygen atoms in total. The van der Waals surface area contributed by atoms with E-state index in [1.807, 2.05) is 20.2 Å². The molecule has 5 heteroatoms. The number of hydrogen-bond donors (Lipinski definition) is 0. The summed E-state index contributed by atoms with van der Waals surface area (Å²) >= 11 is 0. The maximum Gasteiger partial charge on any atom is 0.410 e. The minimum Gasteiger partial charge on any atom is -0.464 e. The summed E-state index contributed by atoms with van der Waals surface area (Å²) < 4.78 is 11.3. The number of ether oxygens (including phenoxy) is 1. The average molecular weight is 356 g/mol. The van der Waals surface area contributed by atoms with Crippen molar-refractivity contribution in [1.82, 2.24) is 9.80 Å². The Balaban J connectivity index is 1.39. The van der Waals surface area contributed by atoms with E-state index in [1.165, 1.54) is 5.56 Å². The van der Waals surface area contributed by atoms with E-state index in [2.05, 4.69) is 35.2 Å². The van der Waals surface area contributed by atoms with Crippen molar-refractivity contribution in [3.05, 3.63) is 59.0 Å². The second-order valence-electron chi connectivity index (χ2n) is 7.13. The van der Waals surface area contributed by atoms with E-state index in [0.29, 0.717) is 19.7 Å². The van der Waals surface area contributed by atoms with Crippen molar-refractivity contribution in [3.8, 4) is 0 Å². The maximum absolute atomic E-state index is 12.3. The highest BCUT2D eigenvalue weighted by Crippen LogP contribution is 2.24. The van der Waals surface area contributed by atoms with Crippen molar-refractivity contribution in [2.45, 2.75) is 38.8 Å². The second-order valence-corrected chi connectivity index (χ2v) is 7.13. The molecule has 0 atom stereocenters. The summed E-state index contributed by atoms with van der Waals surface area (Å²) in [6.07, 6.45) is 3.47. The fraction of sp³-hybridized carbons (Fsp3) is 0.476. The third-order valence-corrected chi connectivity index (χ3v) is 4.58. The molecule has 2 aromatic rings. The van der Waals surface area contributed by atoms with E-state index in [4.69, 9.17) is 9.15 Å². The van der Waals surface area contributed by atoms with Gasteiger partial charge >= 0.3 is 6.09 Å². The predicted octanol–water partition coefficient (Wildman–Crippen LogP) is 3.86. The Kier molecular flexibility index (Phi) is 6.34. The van der Waals surface area contributed by atoms with E-state index in [-0.39, 0.29) is 6.09 Å². The summed E-state index contributed by atoms with van der Waals surface area (Å²) in [6.45, 7) is 2.49. The quantitative estimate of drug-likeness (QED) is 0.707. The number of nitrogens with zero attached hydrogens (tertiary/aromatic N) is 2. The third-order valence-electron chi connectivity index (χ3n) is 4.58. The number of carbonyl (C=O) groups is 1. The molecule has 1 aromatic carbocycles. The Morgan fingerprint density at radius 1 is 1.23 bits per heavy atom. The molecule has 1 amide bonds. The standard InChI is InChI=1S/C21H28N2O3/c1-22(2)16-19-14-18-15-23(12-11-20(18)26-19)21(24)25-13-7-6-10-17-8-4-3-5-9-17/h3-5,8-9,14H,6-7,10-13,15-16H2,1-2H3. The highest BCUT2D eigenvalue weighted by molar-refractivity contribution is 5.68. The molecule has 1 aliphatic heterocycles. The summed E-state index contributed by atoms with van der Waals surface area (Å²) in [5.74, 6) is 1.96. The van der Waals surface area contributed by atoms with Crippen LogP contribution < -0.4 is 0 Å². The molecule has 3 rings (SSSR count). The molecular weight excluding hydrogens is 328 g/mol. The largest absolute Gasteiger partial charge is 0.464 e. The summed E-state index contributed by atoms with van der Waals surface area (Å²) in [5.41, 5.74) is 2.44. The first kappa shape index (κ1) is 18.5. The zero-order chi connectivity index (χ0) is 18.4. The maximum atomic E-state index is 12.3. The van der Waals surface area contributed by atoms with Gasteiger partial charge in [0.1, 0.15) is 11.5 Å². The Morgan fingerprint density at radius 2 is 2.04 bits per heavy atom. The van der Waals surface area contributed by atoms with E-state index in [1.54, 1.807) is 4.90 Å². The van der Waals surface area contributed by atoms with Crippen molar-refractivity contribution >= 4 is 6.09 Å². The molecule has 0 unspecified atom stereocenters. The molecule has 0 N–H and O–H groups in total.